The first-order valence-corrected chi connectivity index (χ1v) is 6.63. The molecule has 0 fully saturated rings. The van der Waals surface area contributed by atoms with Crippen molar-refractivity contribution in [3.8, 4) is 11.4 Å². The SMILES string of the molecule is COC(=O)c1ccc(-n2cc(C)c(I)n2)cc1OC. The highest BCUT2D eigenvalue weighted by Gasteiger charge is 2.14. The third kappa shape index (κ3) is 2.73. The molecule has 1 aromatic heterocycles. The molecule has 2 aromatic rings. The van der Waals surface area contributed by atoms with Gasteiger partial charge in [0.1, 0.15) is 15.0 Å². The van der Waals surface area contributed by atoms with Crippen molar-refractivity contribution in [1.82, 2.24) is 9.78 Å². The average Bonchev–Trinajstić information content (AvgIpc) is 2.77. The van der Waals surface area contributed by atoms with E-state index in [-0.39, 0.29) is 0 Å². The van der Waals surface area contributed by atoms with Crippen molar-refractivity contribution in [1.29, 1.82) is 0 Å². The molecular formula is C13H13IN2O3. The van der Waals surface area contributed by atoms with Gasteiger partial charge in [0.15, 0.2) is 0 Å². The largest absolute Gasteiger partial charge is 0.496 e. The molecule has 100 valence electrons. The number of halogens is 1. The highest BCUT2D eigenvalue weighted by atomic mass is 127. The number of carbonyl (C=O) groups is 1. The second-order valence-electron chi connectivity index (χ2n) is 3.92. The van der Waals surface area contributed by atoms with Crippen LogP contribution in [0.25, 0.3) is 5.69 Å². The lowest BCUT2D eigenvalue weighted by Crippen LogP contribution is -2.05. The lowest BCUT2D eigenvalue weighted by Gasteiger charge is -2.09. The number of hydrogen-bond donors (Lipinski definition) is 0. The number of hydrogen-bond acceptors (Lipinski definition) is 4. The summed E-state index contributed by atoms with van der Waals surface area (Å²) in [5, 5.41) is 4.38. The first-order chi connectivity index (χ1) is 9.06. The molecule has 6 heteroatoms. The van der Waals surface area contributed by atoms with E-state index in [1.54, 1.807) is 22.9 Å². The van der Waals surface area contributed by atoms with E-state index in [1.807, 2.05) is 13.1 Å². The van der Waals surface area contributed by atoms with Gasteiger partial charge in [0.05, 0.1) is 19.9 Å². The zero-order chi connectivity index (χ0) is 14.0. The lowest BCUT2D eigenvalue weighted by molar-refractivity contribution is 0.0597. The third-order valence-electron chi connectivity index (χ3n) is 2.69. The standard InChI is InChI=1S/C13H13IN2O3/c1-8-7-16(15-12(8)14)9-4-5-10(13(17)19-3)11(6-9)18-2/h4-7H,1-3H3. The fourth-order valence-electron chi connectivity index (χ4n) is 1.67. The Morgan fingerprint density at radius 1 is 1.37 bits per heavy atom. The molecule has 19 heavy (non-hydrogen) atoms. The number of esters is 1. The summed E-state index contributed by atoms with van der Waals surface area (Å²) in [6.07, 6.45) is 1.92. The molecule has 0 spiro atoms. The van der Waals surface area contributed by atoms with Crippen molar-refractivity contribution in [3.05, 3.63) is 39.2 Å². The van der Waals surface area contributed by atoms with E-state index in [2.05, 4.69) is 27.7 Å². The third-order valence-corrected chi connectivity index (χ3v) is 3.76. The van der Waals surface area contributed by atoms with Crippen LogP contribution in [0.2, 0.25) is 0 Å². The van der Waals surface area contributed by atoms with Gasteiger partial charge in [-0.05, 0) is 41.6 Å². The molecular weight excluding hydrogens is 359 g/mol. The Balaban J connectivity index is 2.47. The van der Waals surface area contributed by atoms with E-state index in [9.17, 15) is 4.79 Å². The summed E-state index contributed by atoms with van der Waals surface area (Å²) in [6, 6.07) is 5.23. The minimum Gasteiger partial charge on any atom is -0.496 e. The molecule has 0 amide bonds. The Hall–Kier alpha value is -1.57. The lowest BCUT2D eigenvalue weighted by atomic mass is 10.2. The molecule has 1 heterocycles. The number of methoxy groups -OCH3 is 2. The first kappa shape index (κ1) is 13.9. The number of carbonyl (C=O) groups excluding carboxylic acids is 1. The topological polar surface area (TPSA) is 53.4 Å². The number of rotatable bonds is 3. The highest BCUT2D eigenvalue weighted by molar-refractivity contribution is 14.1. The van der Waals surface area contributed by atoms with E-state index in [4.69, 9.17) is 9.47 Å². The Morgan fingerprint density at radius 2 is 2.11 bits per heavy atom. The van der Waals surface area contributed by atoms with Crippen LogP contribution in [0, 0.1) is 10.6 Å². The van der Waals surface area contributed by atoms with Gasteiger partial charge >= 0.3 is 5.97 Å². The smallest absolute Gasteiger partial charge is 0.341 e. The summed E-state index contributed by atoms with van der Waals surface area (Å²) in [5.74, 6) is 0.0436. The number of ether oxygens (including phenoxy) is 2. The van der Waals surface area contributed by atoms with Crippen LogP contribution < -0.4 is 4.74 Å². The van der Waals surface area contributed by atoms with E-state index < -0.39 is 5.97 Å². The minimum absolute atomic E-state index is 0.396. The number of aromatic nitrogens is 2. The Morgan fingerprint density at radius 3 is 2.63 bits per heavy atom. The van der Waals surface area contributed by atoms with Crippen LogP contribution in [-0.2, 0) is 4.74 Å². The predicted octanol–water partition coefficient (Wildman–Crippen LogP) is 2.58. The maximum absolute atomic E-state index is 11.6. The molecule has 0 atom stereocenters. The molecule has 0 unspecified atom stereocenters. The van der Waals surface area contributed by atoms with Gasteiger partial charge in [-0.3, -0.25) is 0 Å². The van der Waals surface area contributed by atoms with Gasteiger partial charge in [0.25, 0.3) is 0 Å². The Labute approximate surface area is 124 Å². The van der Waals surface area contributed by atoms with Crippen molar-refractivity contribution in [2.75, 3.05) is 14.2 Å². The van der Waals surface area contributed by atoms with Crippen LogP contribution in [-0.4, -0.2) is 30.0 Å². The zero-order valence-corrected chi connectivity index (χ0v) is 13.0. The van der Waals surface area contributed by atoms with Crippen molar-refractivity contribution < 1.29 is 14.3 Å². The molecule has 0 saturated carbocycles. The molecule has 0 N–H and O–H groups in total. The summed E-state index contributed by atoms with van der Waals surface area (Å²) in [5.41, 5.74) is 2.32. The Kier molecular flexibility index (Phi) is 4.08. The van der Waals surface area contributed by atoms with Gasteiger partial charge < -0.3 is 9.47 Å². The van der Waals surface area contributed by atoms with E-state index >= 15 is 0 Å². The van der Waals surface area contributed by atoms with Crippen LogP contribution in [0.1, 0.15) is 15.9 Å². The van der Waals surface area contributed by atoms with Crippen LogP contribution in [0.15, 0.2) is 24.4 Å². The van der Waals surface area contributed by atoms with Crippen molar-refractivity contribution in [2.24, 2.45) is 0 Å². The predicted molar refractivity (Wildman–Crippen MR) is 78.9 cm³/mol. The molecule has 0 aliphatic heterocycles. The minimum atomic E-state index is -0.422. The van der Waals surface area contributed by atoms with Gasteiger partial charge in [-0.1, -0.05) is 0 Å². The fourth-order valence-corrected chi connectivity index (χ4v) is 2.04. The summed E-state index contributed by atoms with van der Waals surface area (Å²) in [7, 11) is 2.86. The molecule has 5 nitrogen and oxygen atoms in total. The van der Waals surface area contributed by atoms with E-state index in [1.165, 1.54) is 14.2 Å². The quantitative estimate of drug-likeness (QED) is 0.614. The molecule has 0 aliphatic carbocycles. The van der Waals surface area contributed by atoms with Crippen molar-refractivity contribution in [3.63, 3.8) is 0 Å². The highest BCUT2D eigenvalue weighted by Crippen LogP contribution is 2.23. The molecule has 1 aromatic carbocycles. The summed E-state index contributed by atoms with van der Waals surface area (Å²) in [6.45, 7) is 1.99. The summed E-state index contributed by atoms with van der Waals surface area (Å²) >= 11 is 2.18. The van der Waals surface area contributed by atoms with Crippen LogP contribution in [0.5, 0.6) is 5.75 Å². The van der Waals surface area contributed by atoms with E-state index in [0.29, 0.717) is 11.3 Å². The summed E-state index contributed by atoms with van der Waals surface area (Å²) < 4.78 is 12.6. The van der Waals surface area contributed by atoms with Crippen LogP contribution in [0.3, 0.4) is 0 Å². The summed E-state index contributed by atoms with van der Waals surface area (Å²) in [4.78, 5) is 11.6. The first-order valence-electron chi connectivity index (χ1n) is 5.55. The van der Waals surface area contributed by atoms with Crippen LogP contribution >= 0.6 is 22.6 Å². The van der Waals surface area contributed by atoms with Crippen LogP contribution in [0.4, 0.5) is 0 Å². The Bertz CT molecular complexity index is 603. The van der Waals surface area contributed by atoms with Gasteiger partial charge in [-0.15, -0.1) is 0 Å². The zero-order valence-electron chi connectivity index (χ0n) is 10.8. The molecule has 0 saturated heterocycles. The number of nitrogens with zero attached hydrogens (tertiary/aromatic N) is 2. The number of benzene rings is 1. The van der Waals surface area contributed by atoms with Gasteiger partial charge in [-0.2, -0.15) is 5.10 Å². The monoisotopic (exact) mass is 372 g/mol. The second-order valence-corrected chi connectivity index (χ2v) is 4.95. The van der Waals surface area contributed by atoms with Crippen molar-refractivity contribution >= 4 is 28.6 Å². The van der Waals surface area contributed by atoms with Gasteiger partial charge in [0.2, 0.25) is 0 Å². The molecule has 2 rings (SSSR count). The normalized spacial score (nSPS) is 10.3. The maximum atomic E-state index is 11.6. The van der Waals surface area contributed by atoms with E-state index in [0.717, 1.165) is 15.0 Å². The van der Waals surface area contributed by atoms with Crippen molar-refractivity contribution in [2.45, 2.75) is 6.92 Å². The fraction of sp³-hybridized carbons (Fsp3) is 0.231. The molecule has 0 bridgehead atoms. The van der Waals surface area contributed by atoms with Gasteiger partial charge in [-0.25, -0.2) is 9.48 Å². The molecule has 0 aliphatic rings. The molecule has 0 radical (unpaired) electrons. The maximum Gasteiger partial charge on any atom is 0.341 e. The second kappa shape index (κ2) is 5.60. The number of aryl methyl sites for hydroxylation is 1. The van der Waals surface area contributed by atoms with Gasteiger partial charge in [0, 0.05) is 17.8 Å². The average molecular weight is 372 g/mol.